The lowest BCUT2D eigenvalue weighted by Gasteiger charge is -2.32. The highest BCUT2D eigenvalue weighted by molar-refractivity contribution is 7.92. The molecule has 0 fully saturated rings. The summed E-state index contributed by atoms with van der Waals surface area (Å²) < 4.78 is 39.7. The Morgan fingerprint density at radius 1 is 1.06 bits per heavy atom. The number of nitrogens with one attached hydrogen (secondary N) is 1. The normalized spacial score (nSPS) is 13.1. The van der Waals surface area contributed by atoms with E-state index in [4.69, 9.17) is 0 Å². The number of amides is 2. The average molecular weight is 492 g/mol. The highest BCUT2D eigenvalue weighted by atomic mass is 32.2. The van der Waals surface area contributed by atoms with Gasteiger partial charge in [-0.3, -0.25) is 13.9 Å². The Morgan fingerprint density at radius 2 is 1.68 bits per heavy atom. The smallest absolute Gasteiger partial charge is 0.244 e. The van der Waals surface area contributed by atoms with Crippen molar-refractivity contribution in [2.75, 3.05) is 17.1 Å². The second kappa shape index (κ2) is 11.5. The Hall–Kier alpha value is -2.94. The molecule has 0 unspecified atom stereocenters. The molecule has 0 radical (unpaired) electrons. The van der Waals surface area contributed by atoms with E-state index in [1.54, 1.807) is 26.0 Å². The van der Waals surface area contributed by atoms with Crippen LogP contribution in [0, 0.1) is 19.7 Å². The van der Waals surface area contributed by atoms with E-state index in [1.165, 1.54) is 29.2 Å². The molecule has 0 aliphatic rings. The second-order valence-electron chi connectivity index (χ2n) is 8.70. The first-order valence-corrected chi connectivity index (χ1v) is 13.1. The van der Waals surface area contributed by atoms with Crippen molar-refractivity contribution in [3.05, 3.63) is 65.0 Å². The van der Waals surface area contributed by atoms with Crippen molar-refractivity contribution in [2.24, 2.45) is 0 Å². The van der Waals surface area contributed by atoms with E-state index < -0.39 is 34.3 Å². The second-order valence-corrected chi connectivity index (χ2v) is 10.6. The molecule has 7 nitrogen and oxygen atoms in total. The van der Waals surface area contributed by atoms with Gasteiger partial charge in [0.25, 0.3) is 0 Å². The van der Waals surface area contributed by atoms with Gasteiger partial charge in [0, 0.05) is 12.6 Å². The zero-order valence-electron chi connectivity index (χ0n) is 20.6. The fourth-order valence-corrected chi connectivity index (χ4v) is 4.42. The zero-order valence-corrected chi connectivity index (χ0v) is 21.4. The van der Waals surface area contributed by atoms with Gasteiger partial charge in [-0.2, -0.15) is 0 Å². The number of halogens is 1. The highest BCUT2D eigenvalue weighted by Gasteiger charge is 2.30. The lowest BCUT2D eigenvalue weighted by Crippen LogP contribution is -2.52. The predicted octanol–water partition coefficient (Wildman–Crippen LogP) is 3.54. The summed E-state index contributed by atoms with van der Waals surface area (Å²) in [4.78, 5) is 27.7. The van der Waals surface area contributed by atoms with Gasteiger partial charge in [-0.1, -0.05) is 36.8 Å². The maximum Gasteiger partial charge on any atom is 0.244 e. The summed E-state index contributed by atoms with van der Waals surface area (Å²) in [6.45, 7) is 8.64. The van der Waals surface area contributed by atoms with Gasteiger partial charge in [0.15, 0.2) is 0 Å². The number of benzene rings is 2. The van der Waals surface area contributed by atoms with Crippen molar-refractivity contribution >= 4 is 27.5 Å². The molecular formula is C25H34FN3O4S. The third kappa shape index (κ3) is 7.28. The first kappa shape index (κ1) is 27.3. The summed E-state index contributed by atoms with van der Waals surface area (Å²) in [5.74, 6) is -1.30. The predicted molar refractivity (Wildman–Crippen MR) is 132 cm³/mol. The maximum absolute atomic E-state index is 13.5. The molecule has 0 saturated heterocycles. The standard InChI is InChI=1S/C25H34FN3O4S/c1-7-19(4)27-25(31)20(5)28(15-21-9-11-22(26)12-10-21)24(30)16-29(34(6,32)33)23-13-8-17(2)14-18(23)3/h8-14,19-20H,7,15-16H2,1-6H3,(H,27,31)/t19-,20-/m1/s1. The average Bonchev–Trinajstić information content (AvgIpc) is 2.76. The molecule has 0 aromatic heterocycles. The lowest BCUT2D eigenvalue weighted by atomic mass is 10.1. The van der Waals surface area contributed by atoms with Crippen LogP contribution < -0.4 is 9.62 Å². The Bertz CT molecular complexity index is 1120. The van der Waals surface area contributed by atoms with Gasteiger partial charge in [-0.05, 0) is 63.4 Å². The third-order valence-corrected chi connectivity index (χ3v) is 6.86. The quantitative estimate of drug-likeness (QED) is 0.551. The Labute approximate surface area is 202 Å². The van der Waals surface area contributed by atoms with Crippen LogP contribution in [0.1, 0.15) is 43.9 Å². The first-order chi connectivity index (χ1) is 15.8. The zero-order chi connectivity index (χ0) is 25.6. The SMILES string of the molecule is CC[C@@H](C)NC(=O)[C@@H](C)N(Cc1ccc(F)cc1)C(=O)CN(c1ccc(C)cc1C)S(C)(=O)=O. The summed E-state index contributed by atoms with van der Waals surface area (Å²) in [6.07, 6.45) is 1.77. The Balaban J connectivity index is 2.41. The lowest BCUT2D eigenvalue weighted by molar-refractivity contribution is -0.139. The molecule has 2 aromatic rings. The number of hydrogen-bond acceptors (Lipinski definition) is 4. The minimum Gasteiger partial charge on any atom is -0.352 e. The Morgan fingerprint density at radius 3 is 2.21 bits per heavy atom. The number of nitrogens with zero attached hydrogens (tertiary/aromatic N) is 2. The fourth-order valence-electron chi connectivity index (χ4n) is 3.51. The number of carbonyl (C=O) groups excluding carboxylic acids is 2. The van der Waals surface area contributed by atoms with Gasteiger partial charge in [0.2, 0.25) is 21.8 Å². The Kier molecular flexibility index (Phi) is 9.21. The van der Waals surface area contributed by atoms with E-state index in [1.807, 2.05) is 26.8 Å². The molecule has 0 spiro atoms. The van der Waals surface area contributed by atoms with Crippen molar-refractivity contribution in [2.45, 2.75) is 59.7 Å². The van der Waals surface area contributed by atoms with Crippen molar-refractivity contribution < 1.29 is 22.4 Å². The number of sulfonamides is 1. The molecule has 9 heteroatoms. The van der Waals surface area contributed by atoms with Crippen LogP contribution in [-0.2, 0) is 26.2 Å². The molecule has 0 bridgehead atoms. The van der Waals surface area contributed by atoms with Crippen LogP contribution in [0.5, 0.6) is 0 Å². The molecule has 0 saturated carbocycles. The summed E-state index contributed by atoms with van der Waals surface area (Å²) in [5.41, 5.74) is 2.70. The molecule has 2 amide bonds. The van der Waals surface area contributed by atoms with Crippen LogP contribution in [0.25, 0.3) is 0 Å². The van der Waals surface area contributed by atoms with Crippen LogP contribution in [-0.4, -0.2) is 50.0 Å². The number of rotatable bonds is 10. The van der Waals surface area contributed by atoms with E-state index in [0.717, 1.165) is 22.5 Å². The number of hydrogen-bond donors (Lipinski definition) is 1. The topological polar surface area (TPSA) is 86.8 Å². The summed E-state index contributed by atoms with van der Waals surface area (Å²) in [5, 5.41) is 2.87. The van der Waals surface area contributed by atoms with E-state index in [9.17, 15) is 22.4 Å². The van der Waals surface area contributed by atoms with Crippen molar-refractivity contribution in [1.82, 2.24) is 10.2 Å². The van der Waals surface area contributed by atoms with Crippen LogP contribution in [0.4, 0.5) is 10.1 Å². The van der Waals surface area contributed by atoms with Gasteiger partial charge in [-0.25, -0.2) is 12.8 Å². The number of carbonyl (C=O) groups is 2. The maximum atomic E-state index is 13.5. The largest absolute Gasteiger partial charge is 0.352 e. The molecule has 0 heterocycles. The molecule has 1 N–H and O–H groups in total. The number of aryl methyl sites for hydroxylation is 2. The molecule has 2 rings (SSSR count). The van der Waals surface area contributed by atoms with E-state index >= 15 is 0 Å². The molecule has 2 atom stereocenters. The van der Waals surface area contributed by atoms with Crippen LogP contribution in [0.3, 0.4) is 0 Å². The molecular weight excluding hydrogens is 457 g/mol. The van der Waals surface area contributed by atoms with Crippen molar-refractivity contribution in [1.29, 1.82) is 0 Å². The number of anilines is 1. The van der Waals surface area contributed by atoms with Crippen LogP contribution in [0.15, 0.2) is 42.5 Å². The van der Waals surface area contributed by atoms with Gasteiger partial charge < -0.3 is 10.2 Å². The van der Waals surface area contributed by atoms with Gasteiger partial charge >= 0.3 is 0 Å². The van der Waals surface area contributed by atoms with E-state index in [-0.39, 0.29) is 18.5 Å². The van der Waals surface area contributed by atoms with Crippen LogP contribution in [0.2, 0.25) is 0 Å². The minimum absolute atomic E-state index is 0.0265. The summed E-state index contributed by atoms with van der Waals surface area (Å²) in [7, 11) is -3.79. The van der Waals surface area contributed by atoms with Gasteiger partial charge in [0.05, 0.1) is 11.9 Å². The van der Waals surface area contributed by atoms with Gasteiger partial charge in [0.1, 0.15) is 18.4 Å². The molecule has 186 valence electrons. The third-order valence-electron chi connectivity index (χ3n) is 5.73. The van der Waals surface area contributed by atoms with Gasteiger partial charge in [-0.15, -0.1) is 0 Å². The highest BCUT2D eigenvalue weighted by Crippen LogP contribution is 2.24. The van der Waals surface area contributed by atoms with E-state index in [0.29, 0.717) is 16.8 Å². The van der Waals surface area contributed by atoms with Crippen molar-refractivity contribution in [3.63, 3.8) is 0 Å². The van der Waals surface area contributed by atoms with Crippen molar-refractivity contribution in [3.8, 4) is 0 Å². The monoisotopic (exact) mass is 491 g/mol. The molecule has 34 heavy (non-hydrogen) atoms. The fraction of sp³-hybridized carbons (Fsp3) is 0.440. The first-order valence-electron chi connectivity index (χ1n) is 11.2. The molecule has 0 aliphatic carbocycles. The van der Waals surface area contributed by atoms with E-state index in [2.05, 4.69) is 5.32 Å². The molecule has 0 aliphatic heterocycles. The summed E-state index contributed by atoms with van der Waals surface area (Å²) in [6, 6.07) is 9.97. The van der Waals surface area contributed by atoms with Crippen LogP contribution >= 0.6 is 0 Å². The molecule has 2 aromatic carbocycles. The minimum atomic E-state index is -3.79. The summed E-state index contributed by atoms with van der Waals surface area (Å²) >= 11 is 0.